The lowest BCUT2D eigenvalue weighted by Crippen LogP contribution is -2.32. The molecule has 0 saturated heterocycles. The number of hydrogen-bond donors (Lipinski definition) is 3. The summed E-state index contributed by atoms with van der Waals surface area (Å²) in [4.78, 5) is 4.01. The number of nitrogen functional groups attached to an aromatic ring is 1. The van der Waals surface area contributed by atoms with E-state index in [1.54, 1.807) is 6.20 Å². The number of aliphatic hydroxyl groups is 1. The Balaban J connectivity index is 2.66. The molecule has 4 N–H and O–H groups in total. The molecule has 1 aromatic rings. The van der Waals surface area contributed by atoms with Gasteiger partial charge in [0.05, 0.1) is 12.3 Å². The van der Waals surface area contributed by atoms with Crippen molar-refractivity contribution in [3.8, 4) is 0 Å². The van der Waals surface area contributed by atoms with Crippen LogP contribution >= 0.6 is 0 Å². The van der Waals surface area contributed by atoms with Crippen molar-refractivity contribution in [1.29, 1.82) is 0 Å². The monoisotopic (exact) mass is 223 g/mol. The first-order chi connectivity index (χ1) is 7.67. The van der Waals surface area contributed by atoms with Crippen molar-refractivity contribution in [1.82, 2.24) is 4.98 Å². The molecule has 0 radical (unpaired) electrons. The summed E-state index contributed by atoms with van der Waals surface area (Å²) >= 11 is 0. The zero-order valence-corrected chi connectivity index (χ0v) is 10.0. The Hall–Kier alpha value is -1.29. The fraction of sp³-hybridized carbons (Fsp3) is 0.583. The number of aromatic nitrogens is 1. The second-order valence-electron chi connectivity index (χ2n) is 4.15. The number of nitrogens with two attached hydrogens (primary N) is 1. The van der Waals surface area contributed by atoms with Crippen LogP contribution in [-0.4, -0.2) is 23.2 Å². The van der Waals surface area contributed by atoms with Gasteiger partial charge < -0.3 is 16.2 Å². The summed E-state index contributed by atoms with van der Waals surface area (Å²) in [5, 5.41) is 12.7. The fourth-order valence-electron chi connectivity index (χ4n) is 1.63. The van der Waals surface area contributed by atoms with Gasteiger partial charge in [-0.3, -0.25) is 0 Å². The Morgan fingerprint density at radius 1 is 1.44 bits per heavy atom. The summed E-state index contributed by atoms with van der Waals surface area (Å²) in [6.07, 6.45) is 3.54. The van der Waals surface area contributed by atoms with Gasteiger partial charge in [0.15, 0.2) is 0 Å². The summed E-state index contributed by atoms with van der Waals surface area (Å²) in [7, 11) is 0. The molecule has 1 heterocycles. The van der Waals surface area contributed by atoms with Crippen molar-refractivity contribution in [2.75, 3.05) is 24.2 Å². The molecule has 0 unspecified atom stereocenters. The van der Waals surface area contributed by atoms with Crippen LogP contribution in [0.1, 0.15) is 26.7 Å². The van der Waals surface area contributed by atoms with Crippen molar-refractivity contribution in [2.45, 2.75) is 26.7 Å². The van der Waals surface area contributed by atoms with Crippen LogP contribution in [0.5, 0.6) is 0 Å². The van der Waals surface area contributed by atoms with Gasteiger partial charge in [0.25, 0.3) is 0 Å². The molecule has 4 nitrogen and oxygen atoms in total. The molecule has 0 spiro atoms. The summed E-state index contributed by atoms with van der Waals surface area (Å²) in [5.74, 6) is 0.501. The molecule has 0 fully saturated rings. The summed E-state index contributed by atoms with van der Waals surface area (Å²) < 4.78 is 0. The number of rotatable bonds is 6. The largest absolute Gasteiger partial charge is 0.396 e. The highest BCUT2D eigenvalue weighted by atomic mass is 16.3. The third-order valence-corrected chi connectivity index (χ3v) is 3.33. The van der Waals surface area contributed by atoms with Crippen LogP contribution in [0.3, 0.4) is 0 Å². The van der Waals surface area contributed by atoms with Crippen LogP contribution in [0, 0.1) is 5.41 Å². The standard InChI is InChI=1S/C12H21N3O/c1-3-12(4-2,9-16)8-15-10-6-5-7-14-11(10)13/h5-7,15-16H,3-4,8-9H2,1-2H3,(H2,13,14). The van der Waals surface area contributed by atoms with E-state index in [0.29, 0.717) is 12.4 Å². The maximum atomic E-state index is 9.44. The average molecular weight is 223 g/mol. The lowest BCUT2D eigenvalue weighted by atomic mass is 9.83. The molecular formula is C12H21N3O. The third-order valence-electron chi connectivity index (χ3n) is 3.33. The Bertz CT molecular complexity index is 316. The topological polar surface area (TPSA) is 71.2 Å². The average Bonchev–Trinajstić information content (AvgIpc) is 2.34. The number of anilines is 2. The lowest BCUT2D eigenvalue weighted by Gasteiger charge is -2.30. The van der Waals surface area contributed by atoms with Crippen molar-refractivity contribution < 1.29 is 5.11 Å². The number of nitrogens with one attached hydrogen (secondary N) is 1. The maximum absolute atomic E-state index is 9.44. The third kappa shape index (κ3) is 2.85. The van der Waals surface area contributed by atoms with Crippen LogP contribution in [0.15, 0.2) is 18.3 Å². The Morgan fingerprint density at radius 3 is 2.62 bits per heavy atom. The molecule has 0 bridgehead atoms. The highest BCUT2D eigenvalue weighted by molar-refractivity contribution is 5.60. The number of hydrogen-bond acceptors (Lipinski definition) is 4. The van der Waals surface area contributed by atoms with E-state index in [1.165, 1.54) is 0 Å². The Labute approximate surface area is 96.9 Å². The van der Waals surface area contributed by atoms with E-state index in [-0.39, 0.29) is 12.0 Å². The normalized spacial score (nSPS) is 11.4. The second kappa shape index (κ2) is 5.70. The van der Waals surface area contributed by atoms with E-state index in [2.05, 4.69) is 24.1 Å². The van der Waals surface area contributed by atoms with E-state index in [9.17, 15) is 5.11 Å². The van der Waals surface area contributed by atoms with Gasteiger partial charge in [-0.15, -0.1) is 0 Å². The van der Waals surface area contributed by atoms with Gasteiger partial charge in [-0.1, -0.05) is 13.8 Å². The molecule has 0 aromatic carbocycles. The predicted molar refractivity (Wildman–Crippen MR) is 67.2 cm³/mol. The molecule has 90 valence electrons. The van der Waals surface area contributed by atoms with Crippen LogP contribution < -0.4 is 11.1 Å². The molecule has 1 rings (SSSR count). The Kier molecular flexibility index (Phi) is 4.55. The molecule has 1 aromatic heterocycles. The number of aliphatic hydroxyl groups excluding tert-OH is 1. The van der Waals surface area contributed by atoms with Crippen LogP contribution in [0.4, 0.5) is 11.5 Å². The van der Waals surface area contributed by atoms with Crippen molar-refractivity contribution in [2.24, 2.45) is 5.41 Å². The van der Waals surface area contributed by atoms with Gasteiger partial charge in [0, 0.05) is 18.2 Å². The van der Waals surface area contributed by atoms with Crippen molar-refractivity contribution >= 4 is 11.5 Å². The highest BCUT2D eigenvalue weighted by Gasteiger charge is 2.25. The van der Waals surface area contributed by atoms with E-state index in [1.807, 2.05) is 12.1 Å². The second-order valence-corrected chi connectivity index (χ2v) is 4.15. The molecule has 0 aliphatic carbocycles. The zero-order chi connectivity index (χ0) is 12.0. The molecule has 16 heavy (non-hydrogen) atoms. The van der Waals surface area contributed by atoms with Gasteiger partial charge in [-0.05, 0) is 25.0 Å². The van der Waals surface area contributed by atoms with E-state index in [0.717, 1.165) is 18.5 Å². The fourth-order valence-corrected chi connectivity index (χ4v) is 1.63. The predicted octanol–water partition coefficient (Wildman–Crippen LogP) is 1.87. The molecule has 0 atom stereocenters. The van der Waals surface area contributed by atoms with Crippen LogP contribution in [-0.2, 0) is 0 Å². The lowest BCUT2D eigenvalue weighted by molar-refractivity contribution is 0.127. The smallest absolute Gasteiger partial charge is 0.146 e. The van der Waals surface area contributed by atoms with Gasteiger partial charge in [0.1, 0.15) is 5.82 Å². The Morgan fingerprint density at radius 2 is 2.12 bits per heavy atom. The summed E-state index contributed by atoms with van der Waals surface area (Å²) in [6, 6.07) is 3.74. The summed E-state index contributed by atoms with van der Waals surface area (Å²) in [6.45, 7) is 5.08. The van der Waals surface area contributed by atoms with Gasteiger partial charge in [-0.25, -0.2) is 4.98 Å². The molecule has 0 aliphatic heterocycles. The quantitative estimate of drug-likeness (QED) is 0.688. The molecule has 0 aliphatic rings. The van der Waals surface area contributed by atoms with Gasteiger partial charge >= 0.3 is 0 Å². The highest BCUT2D eigenvalue weighted by Crippen LogP contribution is 2.26. The molecule has 0 amide bonds. The van der Waals surface area contributed by atoms with E-state index in [4.69, 9.17) is 5.73 Å². The molecule has 4 heteroatoms. The zero-order valence-electron chi connectivity index (χ0n) is 10.0. The van der Waals surface area contributed by atoms with Gasteiger partial charge in [0.2, 0.25) is 0 Å². The molecular weight excluding hydrogens is 202 g/mol. The number of pyridine rings is 1. The SMILES string of the molecule is CCC(CC)(CO)CNc1cccnc1N. The van der Waals surface area contributed by atoms with Crippen LogP contribution in [0.2, 0.25) is 0 Å². The first-order valence-corrected chi connectivity index (χ1v) is 5.72. The van der Waals surface area contributed by atoms with E-state index >= 15 is 0 Å². The minimum Gasteiger partial charge on any atom is -0.396 e. The van der Waals surface area contributed by atoms with Crippen LogP contribution in [0.25, 0.3) is 0 Å². The summed E-state index contributed by atoms with van der Waals surface area (Å²) in [5.41, 5.74) is 6.51. The van der Waals surface area contributed by atoms with Crippen molar-refractivity contribution in [3.63, 3.8) is 0 Å². The first kappa shape index (κ1) is 12.8. The maximum Gasteiger partial charge on any atom is 0.146 e. The van der Waals surface area contributed by atoms with Gasteiger partial charge in [-0.2, -0.15) is 0 Å². The van der Waals surface area contributed by atoms with E-state index < -0.39 is 0 Å². The van der Waals surface area contributed by atoms with Crippen molar-refractivity contribution in [3.05, 3.63) is 18.3 Å². The number of nitrogens with zero attached hydrogens (tertiary/aromatic N) is 1. The first-order valence-electron chi connectivity index (χ1n) is 5.72. The minimum absolute atomic E-state index is 0.0672. The molecule has 0 saturated carbocycles. The minimum atomic E-state index is -0.0672.